The van der Waals surface area contributed by atoms with Gasteiger partial charge in [-0.25, -0.2) is 19.3 Å². The molecule has 0 aliphatic rings. The van der Waals surface area contributed by atoms with Gasteiger partial charge in [0.2, 0.25) is 5.95 Å². The van der Waals surface area contributed by atoms with Crippen molar-refractivity contribution in [1.82, 2.24) is 19.5 Å². The predicted molar refractivity (Wildman–Crippen MR) is 108 cm³/mol. The number of halogens is 1. The molecule has 0 unspecified atom stereocenters. The quantitative estimate of drug-likeness (QED) is 0.548. The third-order valence-corrected chi connectivity index (χ3v) is 4.42. The Kier molecular flexibility index (Phi) is 4.85. The molecule has 0 aliphatic carbocycles. The van der Waals surface area contributed by atoms with E-state index < -0.39 is 0 Å². The number of aromatic nitrogens is 4. The fourth-order valence-electron chi connectivity index (χ4n) is 3.13. The topological polar surface area (TPSA) is 55.6 Å². The lowest BCUT2D eigenvalue weighted by molar-refractivity contribution is 0.617. The van der Waals surface area contributed by atoms with Crippen LogP contribution in [0.1, 0.15) is 22.8 Å². The first-order chi connectivity index (χ1) is 13.6. The SMILES string of the molecule is Cc1cc(Cc2ccccc2)nc(Nc2ccc(-n3ccnc3C)c(F)c2)n1. The summed E-state index contributed by atoms with van der Waals surface area (Å²) in [6.07, 6.45) is 4.10. The Bertz CT molecular complexity index is 1110. The van der Waals surface area contributed by atoms with E-state index in [1.165, 1.54) is 11.6 Å². The molecule has 4 rings (SSSR count). The number of nitrogens with zero attached hydrogens (tertiary/aromatic N) is 4. The van der Waals surface area contributed by atoms with Crippen LogP contribution in [-0.4, -0.2) is 19.5 Å². The van der Waals surface area contributed by atoms with E-state index >= 15 is 0 Å². The lowest BCUT2D eigenvalue weighted by atomic mass is 10.1. The van der Waals surface area contributed by atoms with Crippen molar-refractivity contribution in [2.45, 2.75) is 20.3 Å². The van der Waals surface area contributed by atoms with E-state index in [4.69, 9.17) is 0 Å². The minimum atomic E-state index is -0.344. The molecule has 140 valence electrons. The first-order valence-electron chi connectivity index (χ1n) is 9.04. The van der Waals surface area contributed by atoms with Crippen LogP contribution in [0.4, 0.5) is 16.0 Å². The average Bonchev–Trinajstić information content (AvgIpc) is 3.08. The Morgan fingerprint density at radius 1 is 1.00 bits per heavy atom. The number of hydrogen-bond acceptors (Lipinski definition) is 4. The maximum Gasteiger partial charge on any atom is 0.227 e. The van der Waals surface area contributed by atoms with Crippen LogP contribution in [0.15, 0.2) is 67.0 Å². The molecule has 0 saturated carbocycles. The third-order valence-electron chi connectivity index (χ3n) is 4.42. The van der Waals surface area contributed by atoms with Gasteiger partial charge in [-0.1, -0.05) is 30.3 Å². The van der Waals surface area contributed by atoms with Gasteiger partial charge in [-0.2, -0.15) is 0 Å². The molecule has 2 heterocycles. The Hall–Kier alpha value is -3.54. The highest BCUT2D eigenvalue weighted by Gasteiger charge is 2.09. The number of rotatable bonds is 5. The zero-order valence-electron chi connectivity index (χ0n) is 15.7. The average molecular weight is 373 g/mol. The highest BCUT2D eigenvalue weighted by Crippen LogP contribution is 2.22. The molecule has 2 aromatic carbocycles. The van der Waals surface area contributed by atoms with Gasteiger partial charge in [0.1, 0.15) is 11.6 Å². The van der Waals surface area contributed by atoms with E-state index in [1.807, 2.05) is 38.1 Å². The summed E-state index contributed by atoms with van der Waals surface area (Å²) in [6.45, 7) is 3.76. The Balaban J connectivity index is 1.57. The molecular weight excluding hydrogens is 353 g/mol. The maximum atomic E-state index is 14.6. The highest BCUT2D eigenvalue weighted by molar-refractivity contribution is 5.56. The Morgan fingerprint density at radius 3 is 2.54 bits per heavy atom. The lowest BCUT2D eigenvalue weighted by Crippen LogP contribution is -2.04. The van der Waals surface area contributed by atoms with Crippen molar-refractivity contribution in [3.8, 4) is 5.69 Å². The van der Waals surface area contributed by atoms with Crippen LogP contribution >= 0.6 is 0 Å². The summed E-state index contributed by atoms with van der Waals surface area (Å²) in [4.78, 5) is 13.1. The van der Waals surface area contributed by atoms with Crippen LogP contribution in [0.5, 0.6) is 0 Å². The van der Waals surface area contributed by atoms with Crippen molar-refractivity contribution < 1.29 is 4.39 Å². The van der Waals surface area contributed by atoms with E-state index in [0.717, 1.165) is 17.2 Å². The van der Waals surface area contributed by atoms with Crippen LogP contribution in [0, 0.1) is 19.7 Å². The van der Waals surface area contributed by atoms with Crippen molar-refractivity contribution in [2.75, 3.05) is 5.32 Å². The normalized spacial score (nSPS) is 10.8. The third kappa shape index (κ3) is 3.91. The van der Waals surface area contributed by atoms with Gasteiger partial charge in [0, 0.05) is 30.2 Å². The minimum absolute atomic E-state index is 0.344. The van der Waals surface area contributed by atoms with Gasteiger partial charge in [-0.3, -0.25) is 0 Å². The molecule has 0 saturated heterocycles. The molecule has 0 fully saturated rings. The van der Waals surface area contributed by atoms with Crippen LogP contribution in [0.2, 0.25) is 0 Å². The second-order valence-corrected chi connectivity index (χ2v) is 6.62. The van der Waals surface area contributed by atoms with Crippen LogP contribution in [-0.2, 0) is 6.42 Å². The zero-order chi connectivity index (χ0) is 19.5. The van der Waals surface area contributed by atoms with Gasteiger partial charge >= 0.3 is 0 Å². The summed E-state index contributed by atoms with van der Waals surface area (Å²) < 4.78 is 16.3. The van der Waals surface area contributed by atoms with Gasteiger partial charge in [-0.15, -0.1) is 0 Å². The van der Waals surface area contributed by atoms with Gasteiger partial charge < -0.3 is 9.88 Å². The van der Waals surface area contributed by atoms with Crippen LogP contribution < -0.4 is 5.32 Å². The lowest BCUT2D eigenvalue weighted by Gasteiger charge is -2.11. The van der Waals surface area contributed by atoms with E-state index in [-0.39, 0.29) is 5.82 Å². The molecule has 2 aromatic heterocycles. The van der Waals surface area contributed by atoms with Gasteiger partial charge in [0.25, 0.3) is 0 Å². The molecular formula is C22H20FN5. The van der Waals surface area contributed by atoms with Crippen LogP contribution in [0.25, 0.3) is 5.69 Å². The van der Waals surface area contributed by atoms with Gasteiger partial charge in [0.05, 0.1) is 11.4 Å². The smallest absolute Gasteiger partial charge is 0.227 e. The van der Waals surface area contributed by atoms with E-state index in [9.17, 15) is 4.39 Å². The summed E-state index contributed by atoms with van der Waals surface area (Å²) in [5.41, 5.74) is 3.99. The van der Waals surface area contributed by atoms with Gasteiger partial charge in [-0.05, 0) is 43.7 Å². The highest BCUT2D eigenvalue weighted by atomic mass is 19.1. The summed E-state index contributed by atoms with van der Waals surface area (Å²) in [5.74, 6) is 0.840. The second kappa shape index (κ2) is 7.60. The van der Waals surface area contributed by atoms with E-state index in [2.05, 4.69) is 32.4 Å². The first kappa shape index (κ1) is 17.9. The monoisotopic (exact) mass is 373 g/mol. The standard InChI is InChI=1S/C22H20FN5/c1-15-12-19(13-17-6-4-3-5-7-17)27-22(25-15)26-18-8-9-21(20(23)14-18)28-11-10-24-16(28)2/h3-12,14H,13H2,1-2H3,(H,25,26,27). The van der Waals surface area contributed by atoms with Crippen molar-refractivity contribution in [3.05, 3.63) is 95.6 Å². The number of nitrogens with one attached hydrogen (secondary N) is 1. The molecule has 0 amide bonds. The van der Waals surface area contributed by atoms with Crippen molar-refractivity contribution >= 4 is 11.6 Å². The molecule has 28 heavy (non-hydrogen) atoms. The molecule has 1 N–H and O–H groups in total. The largest absolute Gasteiger partial charge is 0.324 e. The minimum Gasteiger partial charge on any atom is -0.324 e. The summed E-state index contributed by atoms with van der Waals surface area (Å²) in [7, 11) is 0. The second-order valence-electron chi connectivity index (χ2n) is 6.62. The number of hydrogen-bond donors (Lipinski definition) is 1. The molecule has 0 bridgehead atoms. The molecule has 0 atom stereocenters. The summed E-state index contributed by atoms with van der Waals surface area (Å²) >= 11 is 0. The molecule has 6 heteroatoms. The van der Waals surface area contributed by atoms with Crippen molar-refractivity contribution in [1.29, 1.82) is 0 Å². The number of benzene rings is 2. The van der Waals surface area contributed by atoms with Crippen LogP contribution in [0.3, 0.4) is 0 Å². The predicted octanol–water partition coefficient (Wildman–Crippen LogP) is 4.75. The number of anilines is 2. The summed E-state index contributed by atoms with van der Waals surface area (Å²) in [5, 5.41) is 3.11. The van der Waals surface area contributed by atoms with Crippen molar-refractivity contribution in [2.24, 2.45) is 0 Å². The van der Waals surface area contributed by atoms with E-state index in [1.54, 1.807) is 29.1 Å². The molecule has 0 spiro atoms. The van der Waals surface area contributed by atoms with E-state index in [0.29, 0.717) is 23.7 Å². The number of imidazole rings is 1. The first-order valence-corrected chi connectivity index (χ1v) is 9.04. The Morgan fingerprint density at radius 2 is 1.82 bits per heavy atom. The fourth-order valence-corrected chi connectivity index (χ4v) is 3.13. The van der Waals surface area contributed by atoms with Gasteiger partial charge in [0.15, 0.2) is 0 Å². The fraction of sp³-hybridized carbons (Fsp3) is 0.136. The molecule has 4 aromatic rings. The zero-order valence-corrected chi connectivity index (χ0v) is 15.7. The number of aryl methyl sites for hydroxylation is 2. The van der Waals surface area contributed by atoms with Crippen molar-refractivity contribution in [3.63, 3.8) is 0 Å². The summed E-state index contributed by atoms with van der Waals surface area (Å²) in [6, 6.07) is 17.1. The Labute approximate surface area is 162 Å². The molecule has 0 radical (unpaired) electrons. The molecule has 5 nitrogen and oxygen atoms in total. The maximum absolute atomic E-state index is 14.6. The molecule has 0 aliphatic heterocycles.